The van der Waals surface area contributed by atoms with E-state index in [1.54, 1.807) is 0 Å². The lowest BCUT2D eigenvalue weighted by Crippen LogP contribution is -2.28. The molecular weight excluding hydrogens is 855 g/mol. The van der Waals surface area contributed by atoms with Gasteiger partial charge in [0.15, 0.2) is 0 Å². The van der Waals surface area contributed by atoms with E-state index in [9.17, 15) is 0 Å². The van der Waals surface area contributed by atoms with Crippen molar-refractivity contribution >= 4 is 17.1 Å². The summed E-state index contributed by atoms with van der Waals surface area (Å²) in [6, 6.07) is 101. The van der Waals surface area contributed by atoms with Crippen LogP contribution in [0.1, 0.15) is 47.2 Å². The molecule has 0 amide bonds. The second kappa shape index (κ2) is 17.0. The highest BCUT2D eigenvalue weighted by atomic mass is 15.1. The maximum atomic E-state index is 2.54. The van der Waals surface area contributed by atoms with Crippen molar-refractivity contribution in [1.29, 1.82) is 0 Å². The molecule has 0 aromatic heterocycles. The van der Waals surface area contributed by atoms with Gasteiger partial charge in [0.1, 0.15) is 0 Å². The molecule has 71 heavy (non-hydrogen) atoms. The van der Waals surface area contributed by atoms with E-state index < -0.39 is 5.41 Å². The fourth-order valence-corrected chi connectivity index (χ4v) is 12.0. The van der Waals surface area contributed by atoms with Gasteiger partial charge in [0.25, 0.3) is 0 Å². The van der Waals surface area contributed by atoms with Crippen LogP contribution in [0.15, 0.2) is 273 Å². The van der Waals surface area contributed by atoms with Crippen LogP contribution >= 0.6 is 0 Å². The summed E-state index contributed by atoms with van der Waals surface area (Å²) in [6.45, 7) is 4.76. The lowest BCUT2D eigenvalue weighted by atomic mass is 9.67. The van der Waals surface area contributed by atoms with Gasteiger partial charge >= 0.3 is 0 Å². The quantitative estimate of drug-likeness (QED) is 0.139. The molecule has 0 atom stereocenters. The Bertz CT molecular complexity index is 3700. The highest BCUT2D eigenvalue weighted by molar-refractivity contribution is 5.98. The molecule has 0 spiro atoms. The number of benzene rings is 11. The monoisotopic (exact) mass is 905 g/mol. The van der Waals surface area contributed by atoms with E-state index in [4.69, 9.17) is 0 Å². The van der Waals surface area contributed by atoms with E-state index in [0.717, 1.165) is 28.2 Å². The molecule has 0 saturated carbocycles. The molecule has 0 radical (unpaired) electrons. The van der Waals surface area contributed by atoms with Crippen LogP contribution < -0.4 is 4.90 Å². The molecule has 336 valence electrons. The highest BCUT2D eigenvalue weighted by Gasteiger charge is 2.47. The lowest BCUT2D eigenvalue weighted by molar-refractivity contribution is 0.660. The minimum absolute atomic E-state index is 0.186. The first-order chi connectivity index (χ1) is 35.0. The smallest absolute Gasteiger partial charge is 0.0714 e. The summed E-state index contributed by atoms with van der Waals surface area (Å²) >= 11 is 0. The van der Waals surface area contributed by atoms with E-state index >= 15 is 0 Å². The summed E-state index contributed by atoms with van der Waals surface area (Å²) in [5, 5.41) is 0. The van der Waals surface area contributed by atoms with Crippen LogP contribution in [0, 0.1) is 0 Å². The Morgan fingerprint density at radius 2 is 0.662 bits per heavy atom. The second-order valence-electron chi connectivity index (χ2n) is 19.6. The molecular formula is C70H51N. The van der Waals surface area contributed by atoms with Crippen LogP contribution in [0.5, 0.6) is 0 Å². The van der Waals surface area contributed by atoms with Crippen LogP contribution in [0.25, 0.3) is 66.8 Å². The standard InChI is InChI=1S/C70H51N/c1-69(2)64-33-19-17-31-59(64)61-44-43-56(45-66(61)69)71(55-41-39-49(40-42-55)48-21-7-3-8-22-48)68-47-67-63(60-32-18-20-34-65(60)70(67,53-25-11-5-12-26-53)54-27-13-6-14-28-54)46-62(68)52-37-35-51(36-38-52)58-30-16-15-29-57(58)50-23-9-4-10-24-50/h3-47H,1-2H3. The number of hydrogen-bond acceptors (Lipinski definition) is 1. The lowest BCUT2D eigenvalue weighted by Gasteiger charge is -2.35. The third-order valence-corrected chi connectivity index (χ3v) is 15.4. The molecule has 0 aliphatic heterocycles. The van der Waals surface area contributed by atoms with Gasteiger partial charge in [-0.1, -0.05) is 250 Å². The van der Waals surface area contributed by atoms with Crippen LogP contribution in [-0.2, 0) is 10.8 Å². The second-order valence-corrected chi connectivity index (χ2v) is 19.6. The average Bonchev–Trinajstić information content (AvgIpc) is 3.86. The number of fused-ring (bicyclic) bond motifs is 6. The first kappa shape index (κ1) is 42.3. The fourth-order valence-electron chi connectivity index (χ4n) is 12.0. The molecule has 11 aromatic rings. The van der Waals surface area contributed by atoms with Crippen molar-refractivity contribution in [2.75, 3.05) is 4.90 Å². The van der Waals surface area contributed by atoms with Gasteiger partial charge < -0.3 is 4.90 Å². The number of anilines is 3. The topological polar surface area (TPSA) is 3.24 Å². The Morgan fingerprint density at radius 1 is 0.254 bits per heavy atom. The molecule has 0 heterocycles. The van der Waals surface area contributed by atoms with Crippen molar-refractivity contribution < 1.29 is 0 Å². The molecule has 2 aliphatic carbocycles. The maximum absolute atomic E-state index is 2.54. The summed E-state index contributed by atoms with van der Waals surface area (Å²) in [5.41, 5.74) is 24.9. The molecule has 2 aliphatic rings. The van der Waals surface area contributed by atoms with Crippen molar-refractivity contribution in [3.8, 4) is 66.8 Å². The van der Waals surface area contributed by atoms with Crippen molar-refractivity contribution in [3.63, 3.8) is 0 Å². The zero-order chi connectivity index (χ0) is 47.5. The third-order valence-electron chi connectivity index (χ3n) is 15.4. The van der Waals surface area contributed by atoms with Gasteiger partial charge in [-0.25, -0.2) is 0 Å². The largest absolute Gasteiger partial charge is 0.310 e. The molecule has 0 fully saturated rings. The third kappa shape index (κ3) is 6.84. The minimum atomic E-state index is -0.586. The summed E-state index contributed by atoms with van der Waals surface area (Å²) < 4.78 is 0. The molecule has 1 heteroatoms. The van der Waals surface area contributed by atoms with Crippen LogP contribution in [0.4, 0.5) is 17.1 Å². The summed E-state index contributed by atoms with van der Waals surface area (Å²) in [4.78, 5) is 2.53. The molecule has 13 rings (SSSR count). The average molecular weight is 906 g/mol. The Hall–Kier alpha value is -8.78. The van der Waals surface area contributed by atoms with Crippen molar-refractivity contribution in [3.05, 3.63) is 306 Å². The van der Waals surface area contributed by atoms with Gasteiger partial charge in [-0.3, -0.25) is 0 Å². The molecule has 0 bridgehead atoms. The fraction of sp³-hybridized carbons (Fsp3) is 0.0571. The van der Waals surface area contributed by atoms with E-state index in [0.29, 0.717) is 0 Å². The van der Waals surface area contributed by atoms with E-state index in [-0.39, 0.29) is 5.41 Å². The summed E-state index contributed by atoms with van der Waals surface area (Å²) in [6.07, 6.45) is 0. The molecule has 0 unspecified atom stereocenters. The van der Waals surface area contributed by atoms with Gasteiger partial charge in [-0.05, 0) is 131 Å². The Balaban J connectivity index is 1.09. The van der Waals surface area contributed by atoms with Gasteiger partial charge in [0.05, 0.1) is 11.1 Å². The van der Waals surface area contributed by atoms with Crippen molar-refractivity contribution in [1.82, 2.24) is 0 Å². The Labute approximate surface area is 417 Å². The summed E-state index contributed by atoms with van der Waals surface area (Å²) in [7, 11) is 0. The van der Waals surface area contributed by atoms with E-state index in [2.05, 4.69) is 292 Å². The summed E-state index contributed by atoms with van der Waals surface area (Å²) in [5.74, 6) is 0. The maximum Gasteiger partial charge on any atom is 0.0714 e. The number of hydrogen-bond donors (Lipinski definition) is 0. The van der Waals surface area contributed by atoms with Gasteiger partial charge in [0, 0.05) is 22.4 Å². The molecule has 11 aromatic carbocycles. The minimum Gasteiger partial charge on any atom is -0.310 e. The normalized spacial score (nSPS) is 13.4. The van der Waals surface area contributed by atoms with Gasteiger partial charge in [0.2, 0.25) is 0 Å². The van der Waals surface area contributed by atoms with Crippen LogP contribution in [0.2, 0.25) is 0 Å². The first-order valence-electron chi connectivity index (χ1n) is 24.8. The predicted octanol–water partition coefficient (Wildman–Crippen LogP) is 18.5. The van der Waals surface area contributed by atoms with Gasteiger partial charge in [-0.15, -0.1) is 0 Å². The highest BCUT2D eigenvalue weighted by Crippen LogP contribution is 2.59. The van der Waals surface area contributed by atoms with E-state index in [1.165, 1.54) is 89.0 Å². The zero-order valence-corrected chi connectivity index (χ0v) is 39.9. The van der Waals surface area contributed by atoms with Gasteiger partial charge in [-0.2, -0.15) is 0 Å². The molecule has 0 saturated heterocycles. The number of nitrogens with zero attached hydrogens (tertiary/aromatic N) is 1. The SMILES string of the molecule is CC1(C)c2ccccc2-c2ccc(N(c3ccc(-c4ccccc4)cc3)c3cc4c(cc3-c3ccc(-c5ccccc5-c5ccccc5)cc3)-c3ccccc3C4(c3ccccc3)c3ccccc3)cc21. The van der Waals surface area contributed by atoms with Crippen molar-refractivity contribution in [2.45, 2.75) is 24.7 Å². The van der Waals surface area contributed by atoms with Crippen LogP contribution in [0.3, 0.4) is 0 Å². The van der Waals surface area contributed by atoms with Crippen molar-refractivity contribution in [2.24, 2.45) is 0 Å². The predicted molar refractivity (Wildman–Crippen MR) is 298 cm³/mol. The Morgan fingerprint density at radius 3 is 1.25 bits per heavy atom. The van der Waals surface area contributed by atoms with Crippen LogP contribution in [-0.4, -0.2) is 0 Å². The zero-order valence-electron chi connectivity index (χ0n) is 39.9. The first-order valence-corrected chi connectivity index (χ1v) is 24.8. The van der Waals surface area contributed by atoms with E-state index in [1.807, 2.05) is 0 Å². The Kier molecular flexibility index (Phi) is 10.1. The number of rotatable bonds is 9. The molecule has 1 nitrogen and oxygen atoms in total. The molecule has 0 N–H and O–H groups in total.